The van der Waals surface area contributed by atoms with Crippen molar-refractivity contribution in [3.8, 4) is 0 Å². The molecule has 0 radical (unpaired) electrons. The number of hydrogen-bond donors (Lipinski definition) is 0. The van der Waals surface area contributed by atoms with Crippen LogP contribution >= 0.6 is 0 Å². The molecule has 2 aliphatic rings. The summed E-state index contributed by atoms with van der Waals surface area (Å²) in [6.45, 7) is 11.5. The molecular weight excluding hydrogens is 382 g/mol. The maximum Gasteiger partial charge on any atom is 0.124 e. The van der Waals surface area contributed by atoms with E-state index in [1.54, 1.807) is 0 Å². The molecule has 2 aliphatic heterocycles. The fourth-order valence-electron chi connectivity index (χ4n) is 5.03. The van der Waals surface area contributed by atoms with E-state index in [9.17, 15) is 0 Å². The molecule has 0 N–H and O–H groups in total. The topological polar surface area (TPSA) is 27.5 Å². The number of para-hydroxylation sites is 2. The smallest absolute Gasteiger partial charge is 0.124 e. The van der Waals surface area contributed by atoms with Crippen molar-refractivity contribution in [3.05, 3.63) is 66.0 Å². The third-order valence-corrected chi connectivity index (χ3v) is 6.93. The lowest BCUT2D eigenvalue weighted by Crippen LogP contribution is -2.48. The molecule has 5 nitrogen and oxygen atoms in total. The third kappa shape index (κ3) is 5.17. The van der Waals surface area contributed by atoms with E-state index in [2.05, 4.69) is 73.9 Å². The summed E-state index contributed by atoms with van der Waals surface area (Å²) in [7, 11) is 0. The number of piperazine rings is 1. The van der Waals surface area contributed by atoms with Crippen LogP contribution in [0.3, 0.4) is 0 Å². The first-order valence-electron chi connectivity index (χ1n) is 12.0. The van der Waals surface area contributed by atoms with Crippen molar-refractivity contribution >= 4 is 11.0 Å². The van der Waals surface area contributed by atoms with E-state index in [0.717, 1.165) is 31.7 Å². The first kappa shape index (κ1) is 20.7. The van der Waals surface area contributed by atoms with Gasteiger partial charge in [0.15, 0.2) is 0 Å². The zero-order valence-corrected chi connectivity index (χ0v) is 18.6. The van der Waals surface area contributed by atoms with Crippen LogP contribution in [0.2, 0.25) is 0 Å². The Balaban J connectivity index is 1.21. The standard InChI is InChI=1S/C26H35N5/c1-3-9-23(10-4-1)21-31-25-12-6-5-11-24(25)27-26(31)22-30-19-17-29(18-20-30)16-15-28-13-7-2-8-14-28/h1,3-6,9-12H,2,7-8,13-22H2. The molecule has 0 aliphatic carbocycles. The lowest BCUT2D eigenvalue weighted by Gasteiger charge is -2.36. The molecule has 31 heavy (non-hydrogen) atoms. The summed E-state index contributed by atoms with van der Waals surface area (Å²) in [5, 5.41) is 0. The van der Waals surface area contributed by atoms with Gasteiger partial charge >= 0.3 is 0 Å². The van der Waals surface area contributed by atoms with Crippen molar-refractivity contribution in [2.75, 3.05) is 52.4 Å². The zero-order chi connectivity index (χ0) is 20.9. The Morgan fingerprint density at radius 2 is 1.26 bits per heavy atom. The number of fused-ring (bicyclic) bond motifs is 1. The molecule has 0 atom stereocenters. The van der Waals surface area contributed by atoms with Crippen molar-refractivity contribution in [1.29, 1.82) is 0 Å². The van der Waals surface area contributed by atoms with Crippen LogP contribution < -0.4 is 0 Å². The van der Waals surface area contributed by atoms with Crippen LogP contribution in [0.15, 0.2) is 54.6 Å². The van der Waals surface area contributed by atoms with Gasteiger partial charge in [-0.25, -0.2) is 4.98 Å². The number of rotatable bonds is 7. The fourth-order valence-corrected chi connectivity index (χ4v) is 5.03. The Morgan fingerprint density at radius 3 is 2.03 bits per heavy atom. The molecule has 0 saturated carbocycles. The lowest BCUT2D eigenvalue weighted by atomic mass is 10.1. The minimum Gasteiger partial charge on any atom is -0.322 e. The van der Waals surface area contributed by atoms with Gasteiger partial charge in [-0.05, 0) is 43.6 Å². The predicted octanol–water partition coefficient (Wildman–Crippen LogP) is 3.69. The van der Waals surface area contributed by atoms with Gasteiger partial charge in [-0.3, -0.25) is 9.80 Å². The van der Waals surface area contributed by atoms with Gasteiger partial charge in [0, 0.05) is 45.8 Å². The van der Waals surface area contributed by atoms with Crippen LogP contribution in [-0.4, -0.2) is 76.6 Å². The van der Waals surface area contributed by atoms with Crippen LogP contribution in [-0.2, 0) is 13.1 Å². The Kier molecular flexibility index (Phi) is 6.63. The summed E-state index contributed by atoms with van der Waals surface area (Å²) < 4.78 is 2.41. The Bertz CT molecular complexity index is 952. The molecule has 0 bridgehead atoms. The average molecular weight is 418 g/mol. The van der Waals surface area contributed by atoms with E-state index in [1.165, 1.54) is 75.4 Å². The summed E-state index contributed by atoms with van der Waals surface area (Å²) in [5.74, 6) is 1.19. The minimum absolute atomic E-state index is 0.881. The number of likely N-dealkylation sites (tertiary alicyclic amines) is 1. The molecule has 5 rings (SSSR count). The molecule has 1 aromatic heterocycles. The highest BCUT2D eigenvalue weighted by Crippen LogP contribution is 2.20. The first-order valence-corrected chi connectivity index (χ1v) is 12.0. The predicted molar refractivity (Wildman–Crippen MR) is 127 cm³/mol. The quantitative estimate of drug-likeness (QED) is 0.586. The van der Waals surface area contributed by atoms with Gasteiger partial charge in [-0.15, -0.1) is 0 Å². The number of aromatic nitrogens is 2. The lowest BCUT2D eigenvalue weighted by molar-refractivity contribution is 0.108. The summed E-state index contributed by atoms with van der Waals surface area (Å²) in [5.41, 5.74) is 3.67. The Labute approximate surface area is 186 Å². The number of imidazole rings is 1. The second kappa shape index (κ2) is 9.94. The minimum atomic E-state index is 0.881. The Hall–Kier alpha value is -2.21. The number of hydrogen-bond acceptors (Lipinski definition) is 4. The molecule has 2 saturated heterocycles. The van der Waals surface area contributed by atoms with E-state index < -0.39 is 0 Å². The molecule has 0 unspecified atom stereocenters. The van der Waals surface area contributed by atoms with Gasteiger partial charge in [-0.1, -0.05) is 48.9 Å². The highest BCUT2D eigenvalue weighted by atomic mass is 15.3. The molecule has 3 heterocycles. The van der Waals surface area contributed by atoms with Crippen molar-refractivity contribution in [1.82, 2.24) is 24.3 Å². The SMILES string of the molecule is c1ccc(Cn2c(CN3CCN(CCN4CCCCC4)CC3)nc3ccccc32)cc1. The van der Waals surface area contributed by atoms with E-state index in [1.807, 2.05) is 0 Å². The van der Waals surface area contributed by atoms with Gasteiger partial charge in [0.05, 0.1) is 17.6 Å². The number of nitrogens with zero attached hydrogens (tertiary/aromatic N) is 5. The molecule has 0 amide bonds. The monoisotopic (exact) mass is 417 g/mol. The van der Waals surface area contributed by atoms with Crippen molar-refractivity contribution < 1.29 is 0 Å². The van der Waals surface area contributed by atoms with Crippen molar-refractivity contribution in [2.24, 2.45) is 0 Å². The summed E-state index contributed by atoms with van der Waals surface area (Å²) >= 11 is 0. The van der Waals surface area contributed by atoms with E-state index >= 15 is 0 Å². The van der Waals surface area contributed by atoms with Crippen LogP contribution in [0.4, 0.5) is 0 Å². The van der Waals surface area contributed by atoms with Gasteiger partial charge in [-0.2, -0.15) is 0 Å². The molecule has 164 valence electrons. The van der Waals surface area contributed by atoms with Gasteiger partial charge in [0.1, 0.15) is 5.82 Å². The normalized spacial score (nSPS) is 19.2. The fraction of sp³-hybridized carbons (Fsp3) is 0.500. The molecule has 3 aromatic rings. The van der Waals surface area contributed by atoms with Gasteiger partial charge < -0.3 is 9.47 Å². The molecule has 2 aromatic carbocycles. The second-order valence-electron chi connectivity index (χ2n) is 9.11. The van der Waals surface area contributed by atoms with Gasteiger partial charge in [0.2, 0.25) is 0 Å². The summed E-state index contributed by atoms with van der Waals surface area (Å²) in [4.78, 5) is 12.9. The first-order chi connectivity index (χ1) is 15.3. The number of benzene rings is 2. The maximum atomic E-state index is 5.02. The Morgan fingerprint density at radius 1 is 0.613 bits per heavy atom. The molecule has 5 heteroatoms. The van der Waals surface area contributed by atoms with Crippen LogP contribution in [0.25, 0.3) is 11.0 Å². The maximum absolute atomic E-state index is 5.02. The average Bonchev–Trinajstić information content (AvgIpc) is 3.17. The van der Waals surface area contributed by atoms with Crippen LogP contribution in [0.5, 0.6) is 0 Å². The summed E-state index contributed by atoms with van der Waals surface area (Å²) in [6.07, 6.45) is 4.19. The number of piperidine rings is 1. The van der Waals surface area contributed by atoms with E-state index in [4.69, 9.17) is 4.98 Å². The third-order valence-electron chi connectivity index (χ3n) is 6.93. The molecular formula is C26H35N5. The van der Waals surface area contributed by atoms with Crippen LogP contribution in [0, 0.1) is 0 Å². The zero-order valence-electron chi connectivity index (χ0n) is 18.6. The highest BCUT2D eigenvalue weighted by molar-refractivity contribution is 5.76. The van der Waals surface area contributed by atoms with E-state index in [0.29, 0.717) is 0 Å². The van der Waals surface area contributed by atoms with Crippen molar-refractivity contribution in [3.63, 3.8) is 0 Å². The van der Waals surface area contributed by atoms with Crippen molar-refractivity contribution in [2.45, 2.75) is 32.4 Å². The molecule has 0 spiro atoms. The highest BCUT2D eigenvalue weighted by Gasteiger charge is 2.21. The summed E-state index contributed by atoms with van der Waals surface area (Å²) in [6, 6.07) is 19.3. The van der Waals surface area contributed by atoms with E-state index in [-0.39, 0.29) is 0 Å². The largest absolute Gasteiger partial charge is 0.322 e. The van der Waals surface area contributed by atoms with Gasteiger partial charge in [0.25, 0.3) is 0 Å². The molecule has 2 fully saturated rings. The van der Waals surface area contributed by atoms with Crippen LogP contribution in [0.1, 0.15) is 30.7 Å². The second-order valence-corrected chi connectivity index (χ2v) is 9.11.